The van der Waals surface area contributed by atoms with Crippen LogP contribution in [0.25, 0.3) is 0 Å². The summed E-state index contributed by atoms with van der Waals surface area (Å²) in [5.41, 5.74) is -0.206. The molecule has 1 aromatic heterocycles. The molecule has 3 nitrogen and oxygen atoms in total. The highest BCUT2D eigenvalue weighted by atomic mass is 32.1. The Morgan fingerprint density at radius 2 is 2.44 bits per heavy atom. The largest absolute Gasteiger partial charge is 0.345 e. The van der Waals surface area contributed by atoms with Crippen molar-refractivity contribution < 1.29 is 4.79 Å². The van der Waals surface area contributed by atoms with Gasteiger partial charge in [-0.1, -0.05) is 6.07 Å². The topological polar surface area (TPSA) is 32.3 Å². The highest BCUT2D eigenvalue weighted by Crippen LogP contribution is 2.27. The van der Waals surface area contributed by atoms with Crippen LogP contribution in [0.3, 0.4) is 0 Å². The molecule has 0 aliphatic carbocycles. The normalized spacial score (nSPS) is 23.9. The predicted molar refractivity (Wildman–Crippen MR) is 75.9 cm³/mol. The fourth-order valence-electron chi connectivity index (χ4n) is 2.53. The van der Waals surface area contributed by atoms with Crippen molar-refractivity contribution in [2.45, 2.75) is 26.2 Å². The molecule has 0 bridgehead atoms. The second-order valence-corrected chi connectivity index (χ2v) is 6.43. The molecule has 1 saturated heterocycles. The Morgan fingerprint density at radius 3 is 3.06 bits per heavy atom. The Bertz CT molecular complexity index is 383. The van der Waals surface area contributed by atoms with Gasteiger partial charge in [-0.3, -0.25) is 4.79 Å². The highest BCUT2D eigenvalue weighted by molar-refractivity contribution is 7.09. The van der Waals surface area contributed by atoms with Crippen LogP contribution in [0, 0.1) is 5.41 Å². The lowest BCUT2D eigenvalue weighted by Crippen LogP contribution is -2.49. The van der Waals surface area contributed by atoms with E-state index in [-0.39, 0.29) is 11.3 Å². The quantitative estimate of drug-likeness (QED) is 0.905. The summed E-state index contributed by atoms with van der Waals surface area (Å²) < 4.78 is 0. The van der Waals surface area contributed by atoms with E-state index < -0.39 is 0 Å². The van der Waals surface area contributed by atoms with E-state index in [1.54, 1.807) is 11.3 Å². The molecule has 0 spiro atoms. The van der Waals surface area contributed by atoms with Gasteiger partial charge in [-0.2, -0.15) is 0 Å². The number of rotatable bonds is 4. The van der Waals surface area contributed by atoms with Gasteiger partial charge in [0, 0.05) is 25.0 Å². The molecule has 0 aromatic carbocycles. The van der Waals surface area contributed by atoms with E-state index in [1.807, 2.05) is 11.9 Å². The third-order valence-electron chi connectivity index (χ3n) is 3.73. The van der Waals surface area contributed by atoms with Crippen LogP contribution < -0.4 is 5.32 Å². The first-order valence-corrected chi connectivity index (χ1v) is 7.48. The number of nitrogens with zero attached hydrogens (tertiary/aromatic N) is 1. The zero-order valence-corrected chi connectivity index (χ0v) is 12.1. The van der Waals surface area contributed by atoms with Gasteiger partial charge in [0.1, 0.15) is 0 Å². The van der Waals surface area contributed by atoms with Crippen molar-refractivity contribution in [2.24, 2.45) is 5.41 Å². The number of amides is 1. The van der Waals surface area contributed by atoms with Gasteiger partial charge < -0.3 is 10.2 Å². The number of piperidine rings is 1. The smallest absolute Gasteiger partial charge is 0.229 e. The van der Waals surface area contributed by atoms with Gasteiger partial charge in [0.2, 0.25) is 5.91 Å². The molecule has 18 heavy (non-hydrogen) atoms. The van der Waals surface area contributed by atoms with E-state index in [0.29, 0.717) is 0 Å². The zero-order valence-electron chi connectivity index (χ0n) is 11.2. The molecule has 0 radical (unpaired) electrons. The van der Waals surface area contributed by atoms with Crippen molar-refractivity contribution in [1.82, 2.24) is 10.2 Å². The zero-order chi connectivity index (χ0) is 13.0. The van der Waals surface area contributed by atoms with Crippen LogP contribution in [0.4, 0.5) is 0 Å². The molecule has 1 fully saturated rings. The Morgan fingerprint density at radius 1 is 1.61 bits per heavy atom. The van der Waals surface area contributed by atoms with Gasteiger partial charge in [-0.05, 0) is 44.2 Å². The SMILES string of the molecule is CN(CCc1cccs1)C(=O)C1(C)CCCNC1. The van der Waals surface area contributed by atoms with Crippen LogP contribution >= 0.6 is 11.3 Å². The number of hydrogen-bond acceptors (Lipinski definition) is 3. The maximum absolute atomic E-state index is 12.5. The fourth-order valence-corrected chi connectivity index (χ4v) is 3.23. The summed E-state index contributed by atoms with van der Waals surface area (Å²) in [5.74, 6) is 0.284. The monoisotopic (exact) mass is 266 g/mol. The first-order valence-electron chi connectivity index (χ1n) is 6.60. The minimum absolute atomic E-state index is 0.206. The van der Waals surface area contributed by atoms with Gasteiger partial charge in [-0.25, -0.2) is 0 Å². The molecule has 4 heteroatoms. The van der Waals surface area contributed by atoms with Crippen LogP contribution in [0.15, 0.2) is 17.5 Å². The summed E-state index contributed by atoms with van der Waals surface area (Å²) in [5, 5.41) is 5.42. The van der Waals surface area contributed by atoms with Crippen molar-refractivity contribution in [3.8, 4) is 0 Å². The van der Waals surface area contributed by atoms with Crippen molar-refractivity contribution in [3.05, 3.63) is 22.4 Å². The first kappa shape index (κ1) is 13.6. The van der Waals surface area contributed by atoms with Crippen LogP contribution in [0.5, 0.6) is 0 Å². The van der Waals surface area contributed by atoms with E-state index in [4.69, 9.17) is 0 Å². The highest BCUT2D eigenvalue weighted by Gasteiger charge is 2.36. The van der Waals surface area contributed by atoms with Gasteiger partial charge in [0.05, 0.1) is 5.41 Å². The molecule has 0 saturated carbocycles. The molecule has 100 valence electrons. The van der Waals surface area contributed by atoms with Crippen molar-refractivity contribution in [1.29, 1.82) is 0 Å². The lowest BCUT2D eigenvalue weighted by Gasteiger charge is -2.36. The number of carbonyl (C=O) groups excluding carboxylic acids is 1. The van der Waals surface area contributed by atoms with Gasteiger partial charge >= 0.3 is 0 Å². The molecule has 1 N–H and O–H groups in total. The Hall–Kier alpha value is -0.870. The average molecular weight is 266 g/mol. The van der Waals surface area contributed by atoms with Crippen molar-refractivity contribution in [3.63, 3.8) is 0 Å². The lowest BCUT2D eigenvalue weighted by molar-refractivity contribution is -0.140. The Balaban J connectivity index is 1.87. The standard InChI is InChI=1S/C14H22N2OS/c1-14(7-4-8-15-11-14)13(17)16(2)9-6-12-5-3-10-18-12/h3,5,10,15H,4,6-9,11H2,1-2H3. The van der Waals surface area contributed by atoms with Crippen LogP contribution in [-0.4, -0.2) is 37.5 Å². The second kappa shape index (κ2) is 5.85. The molecular formula is C14H22N2OS. The van der Waals surface area contributed by atoms with Crippen LogP contribution in [0.2, 0.25) is 0 Å². The van der Waals surface area contributed by atoms with E-state index in [9.17, 15) is 4.79 Å². The first-order chi connectivity index (χ1) is 8.62. The number of nitrogens with one attached hydrogen (secondary N) is 1. The van der Waals surface area contributed by atoms with E-state index in [0.717, 1.165) is 38.9 Å². The summed E-state index contributed by atoms with van der Waals surface area (Å²) in [4.78, 5) is 15.7. The summed E-state index contributed by atoms with van der Waals surface area (Å²) in [6.45, 7) is 4.76. The molecule has 1 aromatic rings. The molecule has 1 atom stereocenters. The fraction of sp³-hybridized carbons (Fsp3) is 0.643. The third-order valence-corrected chi connectivity index (χ3v) is 4.67. The Labute approximate surface area is 113 Å². The summed E-state index contributed by atoms with van der Waals surface area (Å²) >= 11 is 1.76. The van der Waals surface area contributed by atoms with E-state index in [1.165, 1.54) is 4.88 Å². The molecule has 1 amide bonds. The number of thiophene rings is 1. The van der Waals surface area contributed by atoms with Crippen LogP contribution in [0.1, 0.15) is 24.6 Å². The van der Waals surface area contributed by atoms with Crippen molar-refractivity contribution >= 4 is 17.2 Å². The molecule has 2 heterocycles. The maximum Gasteiger partial charge on any atom is 0.229 e. The number of hydrogen-bond donors (Lipinski definition) is 1. The van der Waals surface area contributed by atoms with Crippen molar-refractivity contribution in [2.75, 3.05) is 26.7 Å². The summed E-state index contributed by atoms with van der Waals surface area (Å²) in [6, 6.07) is 4.20. The second-order valence-electron chi connectivity index (χ2n) is 5.40. The van der Waals surface area contributed by atoms with Gasteiger partial charge in [0.15, 0.2) is 0 Å². The van der Waals surface area contributed by atoms with Gasteiger partial charge in [-0.15, -0.1) is 11.3 Å². The maximum atomic E-state index is 12.5. The summed E-state index contributed by atoms with van der Waals surface area (Å²) in [6.07, 6.45) is 3.06. The molecule has 1 aliphatic heterocycles. The number of carbonyl (C=O) groups is 1. The van der Waals surface area contributed by atoms with E-state index >= 15 is 0 Å². The number of likely N-dealkylation sites (N-methyl/N-ethyl adjacent to an activating group) is 1. The van der Waals surface area contributed by atoms with E-state index in [2.05, 4.69) is 29.8 Å². The lowest BCUT2D eigenvalue weighted by atomic mass is 9.81. The minimum atomic E-state index is -0.206. The average Bonchev–Trinajstić information content (AvgIpc) is 2.89. The molecule has 1 unspecified atom stereocenters. The van der Waals surface area contributed by atoms with Crippen LogP contribution in [-0.2, 0) is 11.2 Å². The predicted octanol–water partition coefficient (Wildman–Crippen LogP) is 2.14. The third kappa shape index (κ3) is 3.12. The summed E-state index contributed by atoms with van der Waals surface area (Å²) in [7, 11) is 1.93. The van der Waals surface area contributed by atoms with Gasteiger partial charge in [0.25, 0.3) is 0 Å². The molecule has 2 rings (SSSR count). The molecule has 1 aliphatic rings. The Kier molecular flexibility index (Phi) is 4.40. The molecular weight excluding hydrogens is 244 g/mol. The minimum Gasteiger partial charge on any atom is -0.345 e.